The monoisotopic (exact) mass is 535 g/mol. The van der Waals surface area contributed by atoms with Crippen LogP contribution in [0.3, 0.4) is 0 Å². The van der Waals surface area contributed by atoms with Crippen LogP contribution in [0.4, 0.5) is 17.3 Å². The third-order valence-electron chi connectivity index (χ3n) is 6.53. The molecule has 0 saturated carbocycles. The maximum absolute atomic E-state index is 13.2. The molecule has 10 nitrogen and oxygen atoms in total. The van der Waals surface area contributed by atoms with Crippen molar-refractivity contribution in [2.75, 3.05) is 42.9 Å². The maximum Gasteiger partial charge on any atom is 0.334 e. The number of fused-ring (bicyclic) bond motifs is 1. The Morgan fingerprint density at radius 2 is 1.79 bits per heavy atom. The van der Waals surface area contributed by atoms with Crippen LogP contribution in [-0.2, 0) is 0 Å². The number of aliphatic hydroxyl groups is 1. The number of nitrogens with zero attached hydrogens (tertiary/aromatic N) is 5. The van der Waals surface area contributed by atoms with Gasteiger partial charge in [-0.1, -0.05) is 23.7 Å². The van der Waals surface area contributed by atoms with Crippen molar-refractivity contribution in [3.05, 3.63) is 80.1 Å². The van der Waals surface area contributed by atoms with Gasteiger partial charge in [-0.25, -0.2) is 14.3 Å². The first-order valence-electron chi connectivity index (χ1n) is 12.4. The van der Waals surface area contributed by atoms with E-state index < -0.39 is 16.9 Å². The smallest absolute Gasteiger partial charge is 0.334 e. The second-order valence-electron chi connectivity index (χ2n) is 10.2. The van der Waals surface area contributed by atoms with E-state index in [1.54, 1.807) is 25.1 Å². The van der Waals surface area contributed by atoms with Crippen LogP contribution in [0.15, 0.2) is 58.3 Å². The highest BCUT2D eigenvalue weighted by atomic mass is 35.5. The number of hydrogen-bond acceptors (Lipinski definition) is 8. The minimum atomic E-state index is -0.696. The molecule has 4 aromatic rings. The van der Waals surface area contributed by atoms with Crippen LogP contribution in [0.2, 0.25) is 5.02 Å². The molecule has 1 aliphatic rings. The van der Waals surface area contributed by atoms with E-state index in [1.165, 1.54) is 6.20 Å². The number of para-hydroxylation sites is 1. The highest BCUT2D eigenvalue weighted by Gasteiger charge is 2.23. The SMILES string of the molecule is Cc1cccc(Cl)c1-n1c(=O)[nH]c2nc(Nc3ccc(N4CCN(CC(C)(C)O)CC4)cc3)ncc2c1=O. The van der Waals surface area contributed by atoms with Crippen molar-refractivity contribution in [3.63, 3.8) is 0 Å². The summed E-state index contributed by atoms with van der Waals surface area (Å²) in [5.41, 5.74) is 1.19. The van der Waals surface area contributed by atoms with Gasteiger partial charge in [0, 0.05) is 50.3 Å². The zero-order valence-corrected chi connectivity index (χ0v) is 22.3. The fourth-order valence-electron chi connectivity index (χ4n) is 4.77. The normalized spacial score (nSPS) is 14.7. The van der Waals surface area contributed by atoms with E-state index >= 15 is 0 Å². The van der Waals surface area contributed by atoms with Gasteiger partial charge in [-0.2, -0.15) is 4.98 Å². The molecule has 3 heterocycles. The molecule has 38 heavy (non-hydrogen) atoms. The molecular weight excluding hydrogens is 506 g/mol. The van der Waals surface area contributed by atoms with Crippen molar-refractivity contribution in [3.8, 4) is 5.69 Å². The van der Waals surface area contributed by atoms with Crippen LogP contribution in [-0.4, -0.2) is 67.9 Å². The lowest BCUT2D eigenvalue weighted by atomic mass is 10.1. The molecule has 0 bridgehead atoms. The van der Waals surface area contributed by atoms with Crippen molar-refractivity contribution in [2.45, 2.75) is 26.4 Å². The van der Waals surface area contributed by atoms with Crippen LogP contribution in [0, 0.1) is 6.92 Å². The Labute approximate surface area is 224 Å². The van der Waals surface area contributed by atoms with Crippen LogP contribution < -0.4 is 21.5 Å². The fraction of sp³-hybridized carbons (Fsp3) is 0.333. The second kappa shape index (κ2) is 10.2. The lowest BCUT2D eigenvalue weighted by Crippen LogP contribution is -2.50. The summed E-state index contributed by atoms with van der Waals surface area (Å²) >= 11 is 6.30. The first-order valence-corrected chi connectivity index (χ1v) is 12.8. The number of halogens is 1. The van der Waals surface area contributed by atoms with Crippen molar-refractivity contribution >= 4 is 40.0 Å². The summed E-state index contributed by atoms with van der Waals surface area (Å²) in [6.07, 6.45) is 1.40. The largest absolute Gasteiger partial charge is 0.389 e. The third-order valence-corrected chi connectivity index (χ3v) is 6.84. The number of anilines is 3. The first-order chi connectivity index (χ1) is 18.1. The lowest BCUT2D eigenvalue weighted by Gasteiger charge is -2.38. The van der Waals surface area contributed by atoms with Gasteiger partial charge in [0.2, 0.25) is 5.95 Å². The van der Waals surface area contributed by atoms with E-state index in [2.05, 4.69) is 30.1 Å². The lowest BCUT2D eigenvalue weighted by molar-refractivity contribution is 0.0345. The Kier molecular flexibility index (Phi) is 6.95. The van der Waals surface area contributed by atoms with Gasteiger partial charge in [0.1, 0.15) is 5.39 Å². The molecule has 0 radical (unpaired) electrons. The van der Waals surface area contributed by atoms with Crippen molar-refractivity contribution < 1.29 is 5.11 Å². The summed E-state index contributed by atoms with van der Waals surface area (Å²) in [5.74, 6) is 0.257. The molecule has 1 fully saturated rings. The van der Waals surface area contributed by atoms with Gasteiger partial charge < -0.3 is 15.3 Å². The zero-order chi connectivity index (χ0) is 27.0. The van der Waals surface area contributed by atoms with Crippen LogP contribution in [0.5, 0.6) is 0 Å². The number of β-amino-alcohol motifs (C(OH)–C–C–N with tert-alkyl or cyclic N) is 1. The number of aromatic nitrogens is 4. The first kappa shape index (κ1) is 25.9. The highest BCUT2D eigenvalue weighted by Crippen LogP contribution is 2.23. The average molecular weight is 536 g/mol. The van der Waals surface area contributed by atoms with E-state index in [9.17, 15) is 14.7 Å². The second-order valence-corrected chi connectivity index (χ2v) is 10.6. The Balaban J connectivity index is 1.32. The molecule has 1 aliphatic heterocycles. The molecule has 11 heteroatoms. The summed E-state index contributed by atoms with van der Waals surface area (Å²) in [4.78, 5) is 41.9. The van der Waals surface area contributed by atoms with Crippen molar-refractivity contribution in [2.24, 2.45) is 0 Å². The number of H-pyrrole nitrogens is 1. The minimum Gasteiger partial charge on any atom is -0.389 e. The molecule has 0 atom stereocenters. The highest BCUT2D eigenvalue weighted by molar-refractivity contribution is 6.32. The predicted octanol–water partition coefficient (Wildman–Crippen LogP) is 3.07. The van der Waals surface area contributed by atoms with Gasteiger partial charge >= 0.3 is 5.69 Å². The molecule has 1 saturated heterocycles. The van der Waals surface area contributed by atoms with Crippen LogP contribution in [0.1, 0.15) is 19.4 Å². The molecule has 198 valence electrons. The Bertz CT molecular complexity index is 1560. The van der Waals surface area contributed by atoms with Crippen LogP contribution in [0.25, 0.3) is 16.7 Å². The van der Waals surface area contributed by atoms with E-state index in [1.807, 2.05) is 38.1 Å². The molecule has 0 unspecified atom stereocenters. The summed E-state index contributed by atoms with van der Waals surface area (Å²) < 4.78 is 1.01. The number of nitrogens with one attached hydrogen (secondary N) is 2. The van der Waals surface area contributed by atoms with Crippen LogP contribution >= 0.6 is 11.6 Å². The van der Waals surface area contributed by atoms with Gasteiger partial charge in [-0.15, -0.1) is 0 Å². The van der Waals surface area contributed by atoms with E-state index in [0.717, 1.165) is 42.1 Å². The van der Waals surface area contributed by atoms with Gasteiger partial charge in [-0.05, 0) is 56.7 Å². The Morgan fingerprint density at radius 3 is 2.45 bits per heavy atom. The summed E-state index contributed by atoms with van der Waals surface area (Å²) in [5, 5.41) is 13.7. The molecule has 2 aromatic carbocycles. The predicted molar refractivity (Wildman–Crippen MR) is 150 cm³/mol. The van der Waals surface area contributed by atoms with Gasteiger partial charge in [-0.3, -0.25) is 14.7 Å². The standard InChI is InChI=1S/C27H30ClN7O3/c1-17-5-4-6-21(28)22(17)35-24(36)20-15-29-25(31-23(20)32-26(35)37)30-18-7-9-19(10-8-18)34-13-11-33(12-14-34)16-27(2,3)38/h4-10,15,38H,11-14,16H2,1-3H3,(H2,29,30,31,32,37). The number of benzene rings is 2. The van der Waals surface area contributed by atoms with Gasteiger partial charge in [0.05, 0.1) is 16.3 Å². The molecule has 0 spiro atoms. The molecule has 5 rings (SSSR count). The van der Waals surface area contributed by atoms with E-state index in [-0.39, 0.29) is 17.0 Å². The molecule has 0 amide bonds. The number of rotatable bonds is 6. The molecule has 3 N–H and O–H groups in total. The molecular formula is C27H30ClN7O3. The Morgan fingerprint density at radius 1 is 1.08 bits per heavy atom. The Hall–Kier alpha value is -3.73. The number of piperazine rings is 1. The number of aryl methyl sites for hydroxylation is 1. The molecule has 2 aromatic heterocycles. The van der Waals surface area contributed by atoms with Crippen molar-refractivity contribution in [1.82, 2.24) is 24.4 Å². The summed E-state index contributed by atoms with van der Waals surface area (Å²) in [6, 6.07) is 13.1. The average Bonchev–Trinajstić information content (AvgIpc) is 2.86. The maximum atomic E-state index is 13.2. The van der Waals surface area contributed by atoms with Crippen molar-refractivity contribution in [1.29, 1.82) is 0 Å². The number of hydrogen-bond donors (Lipinski definition) is 3. The molecule has 0 aliphatic carbocycles. The fourth-order valence-corrected chi connectivity index (χ4v) is 5.08. The van der Waals surface area contributed by atoms with Gasteiger partial charge in [0.15, 0.2) is 5.65 Å². The topological polar surface area (TPSA) is 119 Å². The van der Waals surface area contributed by atoms with E-state index in [4.69, 9.17) is 11.6 Å². The zero-order valence-electron chi connectivity index (χ0n) is 21.5. The summed E-state index contributed by atoms with van der Waals surface area (Å²) in [6.45, 7) is 9.66. The van der Waals surface area contributed by atoms with E-state index in [0.29, 0.717) is 22.8 Å². The third kappa shape index (κ3) is 5.42. The number of aromatic amines is 1. The summed E-state index contributed by atoms with van der Waals surface area (Å²) in [7, 11) is 0. The van der Waals surface area contributed by atoms with Gasteiger partial charge in [0.25, 0.3) is 5.56 Å². The quantitative estimate of drug-likeness (QED) is 0.344. The minimum absolute atomic E-state index is 0.138.